The van der Waals surface area contributed by atoms with Gasteiger partial charge >= 0.3 is 5.97 Å². The molecule has 1 aromatic carbocycles. The number of nitrogen functional groups attached to an aromatic ring is 1. The van der Waals surface area contributed by atoms with E-state index < -0.39 is 29.3 Å². The summed E-state index contributed by atoms with van der Waals surface area (Å²) < 4.78 is 3.72. The van der Waals surface area contributed by atoms with Crippen molar-refractivity contribution < 1.29 is 29.7 Å². The Morgan fingerprint density at radius 2 is 2.13 bits per heavy atom. The number of phenolic OH excluding ortho intramolecular Hbond substituents is 2. The monoisotopic (exact) mass is 337 g/mol. The Balaban J connectivity index is 2.28. The van der Waals surface area contributed by atoms with Crippen LogP contribution in [0.3, 0.4) is 0 Å². The van der Waals surface area contributed by atoms with Gasteiger partial charge in [0.05, 0.1) is 0 Å². The van der Waals surface area contributed by atoms with E-state index in [9.17, 15) is 19.8 Å². The number of nitrogens with zero attached hydrogens (tertiary/aromatic N) is 3. The van der Waals surface area contributed by atoms with Gasteiger partial charge in [0.1, 0.15) is 0 Å². The average molecular weight is 337 g/mol. The van der Waals surface area contributed by atoms with Gasteiger partial charge in [0, 0.05) is 17.1 Å². The van der Waals surface area contributed by atoms with Crippen LogP contribution < -0.4 is 5.73 Å². The SMILES string of the molecule is Nc1nc(C([C]=O)=NOC(C(=O)O)c2ccc(O)c(O)c2)ns1. The van der Waals surface area contributed by atoms with E-state index in [1.165, 1.54) is 12.4 Å². The maximum atomic E-state index is 11.3. The molecular formula is C12H9N4O6S. The van der Waals surface area contributed by atoms with Crippen LogP contribution in [0.2, 0.25) is 0 Å². The molecule has 23 heavy (non-hydrogen) atoms. The fourth-order valence-corrected chi connectivity index (χ4v) is 1.93. The third-order valence-corrected chi connectivity index (χ3v) is 3.07. The molecule has 0 fully saturated rings. The van der Waals surface area contributed by atoms with Gasteiger partial charge in [-0.3, -0.25) is 4.79 Å². The fraction of sp³-hybridized carbons (Fsp3) is 0.0833. The van der Waals surface area contributed by atoms with E-state index in [1.54, 1.807) is 0 Å². The summed E-state index contributed by atoms with van der Waals surface area (Å²) >= 11 is 0.813. The number of carboxylic acid groups (broad SMARTS) is 1. The number of aromatic nitrogens is 2. The first kappa shape index (κ1) is 16.2. The van der Waals surface area contributed by atoms with E-state index in [1.807, 2.05) is 0 Å². The van der Waals surface area contributed by atoms with Crippen LogP contribution in [0.5, 0.6) is 11.5 Å². The molecule has 2 aromatic rings. The number of hydrogen-bond donors (Lipinski definition) is 4. The zero-order valence-corrected chi connectivity index (χ0v) is 12.0. The van der Waals surface area contributed by atoms with Gasteiger partial charge in [-0.15, -0.1) is 0 Å². The number of benzene rings is 1. The molecule has 0 aliphatic carbocycles. The molecule has 1 aromatic heterocycles. The molecule has 1 unspecified atom stereocenters. The summed E-state index contributed by atoms with van der Waals surface area (Å²) in [6, 6.07) is 3.29. The van der Waals surface area contributed by atoms with Crippen molar-refractivity contribution in [1.29, 1.82) is 0 Å². The summed E-state index contributed by atoms with van der Waals surface area (Å²) in [4.78, 5) is 30.6. The summed E-state index contributed by atoms with van der Waals surface area (Å²) in [5, 5.41) is 31.2. The largest absolute Gasteiger partial charge is 0.504 e. The molecule has 0 saturated heterocycles. The Bertz CT molecular complexity index is 775. The molecule has 0 saturated carbocycles. The number of aliphatic carboxylic acids is 1. The molecule has 0 aliphatic heterocycles. The van der Waals surface area contributed by atoms with Crippen LogP contribution in [0, 0.1) is 0 Å². The molecule has 5 N–H and O–H groups in total. The number of anilines is 1. The predicted octanol–water partition coefficient (Wildman–Crippen LogP) is 0.188. The third-order valence-electron chi connectivity index (χ3n) is 2.53. The molecule has 0 bridgehead atoms. The highest BCUT2D eigenvalue weighted by Gasteiger charge is 2.24. The maximum Gasteiger partial charge on any atom is 0.352 e. The van der Waals surface area contributed by atoms with Crippen molar-refractivity contribution in [2.75, 3.05) is 5.73 Å². The maximum absolute atomic E-state index is 11.3. The molecule has 1 heterocycles. The highest BCUT2D eigenvalue weighted by Crippen LogP contribution is 2.29. The number of rotatable bonds is 6. The molecule has 1 atom stereocenters. The minimum atomic E-state index is -1.64. The summed E-state index contributed by atoms with van der Waals surface area (Å²) in [5.41, 5.74) is 4.90. The Kier molecular flexibility index (Phi) is 4.71. The highest BCUT2D eigenvalue weighted by atomic mass is 32.1. The van der Waals surface area contributed by atoms with Crippen LogP contribution in [0.4, 0.5) is 5.13 Å². The number of oxime groups is 1. The van der Waals surface area contributed by atoms with Crippen molar-refractivity contribution in [1.82, 2.24) is 9.36 Å². The fourth-order valence-electron chi connectivity index (χ4n) is 1.49. The lowest BCUT2D eigenvalue weighted by molar-refractivity contribution is -0.150. The first-order valence-electron chi connectivity index (χ1n) is 5.88. The molecular weight excluding hydrogens is 328 g/mol. The molecule has 0 aliphatic rings. The van der Waals surface area contributed by atoms with E-state index in [4.69, 9.17) is 15.7 Å². The molecule has 2 rings (SSSR count). The minimum absolute atomic E-state index is 0.00690. The number of hydrogen-bond acceptors (Lipinski definition) is 10. The van der Waals surface area contributed by atoms with E-state index >= 15 is 0 Å². The van der Waals surface area contributed by atoms with Gasteiger partial charge in [0.15, 0.2) is 22.3 Å². The molecule has 119 valence electrons. The topological polar surface area (TPSA) is 168 Å². The zero-order valence-electron chi connectivity index (χ0n) is 11.2. The van der Waals surface area contributed by atoms with Crippen LogP contribution >= 0.6 is 11.5 Å². The Hall–Kier alpha value is -3.21. The van der Waals surface area contributed by atoms with Crippen molar-refractivity contribution in [3.63, 3.8) is 0 Å². The predicted molar refractivity (Wildman–Crippen MR) is 77.8 cm³/mol. The van der Waals surface area contributed by atoms with Crippen molar-refractivity contribution in [3.05, 3.63) is 29.6 Å². The Morgan fingerprint density at radius 1 is 1.39 bits per heavy atom. The number of aromatic hydroxyl groups is 2. The zero-order chi connectivity index (χ0) is 17.0. The molecule has 0 spiro atoms. The number of phenols is 2. The summed E-state index contributed by atoms with van der Waals surface area (Å²) in [5.74, 6) is -2.54. The van der Waals surface area contributed by atoms with E-state index in [0.717, 1.165) is 23.7 Å². The lowest BCUT2D eigenvalue weighted by atomic mass is 10.1. The number of carbonyl (C=O) groups excluding carboxylic acids is 1. The normalized spacial score (nSPS) is 12.6. The van der Waals surface area contributed by atoms with E-state index in [0.29, 0.717) is 0 Å². The van der Waals surface area contributed by atoms with Crippen LogP contribution in [0.1, 0.15) is 17.5 Å². The van der Waals surface area contributed by atoms with Crippen LogP contribution in [-0.4, -0.2) is 42.6 Å². The summed E-state index contributed by atoms with van der Waals surface area (Å²) in [6.07, 6.45) is -0.221. The van der Waals surface area contributed by atoms with Crippen molar-refractivity contribution in [2.45, 2.75) is 6.10 Å². The lowest BCUT2D eigenvalue weighted by Crippen LogP contribution is -2.15. The van der Waals surface area contributed by atoms with Gasteiger partial charge in [-0.2, -0.15) is 9.36 Å². The smallest absolute Gasteiger partial charge is 0.352 e. The second kappa shape index (κ2) is 6.70. The van der Waals surface area contributed by atoms with Crippen molar-refractivity contribution in [2.24, 2.45) is 5.16 Å². The molecule has 10 nitrogen and oxygen atoms in total. The highest BCUT2D eigenvalue weighted by molar-refractivity contribution is 7.09. The Labute approximate surface area is 132 Å². The summed E-state index contributed by atoms with van der Waals surface area (Å²) in [6.45, 7) is 0. The van der Waals surface area contributed by atoms with Crippen molar-refractivity contribution >= 4 is 34.6 Å². The van der Waals surface area contributed by atoms with Gasteiger partial charge in [-0.1, -0.05) is 11.2 Å². The standard InChI is InChI=1S/C12H9N4O6S/c13-12-14-10(16-23-12)6(4-17)15-22-9(11(20)21)5-1-2-7(18)8(19)3-5/h1-3,9,18-19H,(H,20,21)(H2,13,14,16). The quantitative estimate of drug-likeness (QED) is 0.326. The van der Waals surface area contributed by atoms with Crippen LogP contribution in [0.15, 0.2) is 23.4 Å². The van der Waals surface area contributed by atoms with E-state index in [-0.39, 0.29) is 16.5 Å². The average Bonchev–Trinajstić information content (AvgIpc) is 2.93. The van der Waals surface area contributed by atoms with Crippen molar-refractivity contribution in [3.8, 4) is 11.5 Å². The third kappa shape index (κ3) is 3.71. The molecule has 0 amide bonds. The second-order valence-corrected chi connectivity index (χ2v) is 4.85. The van der Waals surface area contributed by atoms with Gasteiger partial charge in [-0.05, 0) is 12.1 Å². The van der Waals surface area contributed by atoms with Gasteiger partial charge < -0.3 is 25.9 Å². The Morgan fingerprint density at radius 3 is 2.65 bits per heavy atom. The number of carboxylic acids is 1. The van der Waals surface area contributed by atoms with Crippen LogP contribution in [0.25, 0.3) is 0 Å². The van der Waals surface area contributed by atoms with Gasteiger partial charge in [-0.25, -0.2) is 4.79 Å². The molecule has 11 heteroatoms. The van der Waals surface area contributed by atoms with E-state index in [2.05, 4.69) is 14.5 Å². The van der Waals surface area contributed by atoms with Crippen LogP contribution in [-0.2, 0) is 14.4 Å². The first-order chi connectivity index (χ1) is 10.9. The number of nitrogens with two attached hydrogens (primary N) is 1. The molecule has 1 radical (unpaired) electrons. The summed E-state index contributed by atoms with van der Waals surface area (Å²) in [7, 11) is 0. The first-order valence-corrected chi connectivity index (χ1v) is 6.66. The lowest BCUT2D eigenvalue weighted by Gasteiger charge is -2.11. The number of carbonyl (C=O) groups is 1. The second-order valence-electron chi connectivity index (χ2n) is 4.07. The minimum Gasteiger partial charge on any atom is -0.504 e. The van der Waals surface area contributed by atoms with Gasteiger partial charge in [0.25, 0.3) is 6.29 Å². The van der Waals surface area contributed by atoms with Gasteiger partial charge in [0.2, 0.25) is 11.9 Å².